The lowest BCUT2D eigenvalue weighted by atomic mass is 9.83. The molecule has 26 heavy (non-hydrogen) atoms. The fourth-order valence-electron chi connectivity index (χ4n) is 5.21. The number of aromatic nitrogens is 5. The number of likely N-dealkylation sites (tertiary alicyclic amines) is 1. The number of halogens is 2. The van der Waals surface area contributed by atoms with Crippen LogP contribution in [0.3, 0.4) is 0 Å². The number of alkyl halides is 2. The molecule has 0 amide bonds. The molecule has 2 saturated heterocycles. The minimum atomic E-state index is -2.45. The average molecular weight is 363 g/mol. The van der Waals surface area contributed by atoms with Crippen molar-refractivity contribution in [1.82, 2.24) is 29.9 Å². The van der Waals surface area contributed by atoms with Crippen LogP contribution >= 0.6 is 0 Å². The van der Waals surface area contributed by atoms with Crippen LogP contribution in [0.2, 0.25) is 0 Å². The van der Waals surface area contributed by atoms with Gasteiger partial charge in [0.05, 0.1) is 6.20 Å². The first-order valence-corrected chi connectivity index (χ1v) is 9.30. The molecule has 0 aromatic carbocycles. The van der Waals surface area contributed by atoms with Crippen LogP contribution in [-0.2, 0) is 0 Å². The quantitative estimate of drug-likeness (QED) is 0.827. The molecule has 0 bridgehead atoms. The molecule has 2 aromatic rings. The molecule has 4 heterocycles. The lowest BCUT2D eigenvalue weighted by Gasteiger charge is -2.27. The molecule has 9 heteroatoms. The molecular weight excluding hydrogens is 340 g/mol. The minimum absolute atomic E-state index is 0.0576. The standard InChI is InChI=1S/C17H23F2N7/c1-16-10-24(7-12-2-3-17(18,19)6-12)8-13(16)9-25(11-16)14-15-21-22-23-26(15)5-4-20-14/h4-5,12-13H,2-3,6-11H2,1H3/t12?,13-,16+/m0/s1. The van der Waals surface area contributed by atoms with Crippen LogP contribution in [0.5, 0.6) is 0 Å². The molecule has 0 radical (unpaired) electrons. The Balaban J connectivity index is 1.28. The van der Waals surface area contributed by atoms with Crippen LogP contribution < -0.4 is 4.90 Å². The van der Waals surface area contributed by atoms with Gasteiger partial charge in [-0.3, -0.25) is 0 Å². The Labute approximate surface area is 150 Å². The van der Waals surface area contributed by atoms with Gasteiger partial charge in [-0.25, -0.2) is 13.8 Å². The summed E-state index contributed by atoms with van der Waals surface area (Å²) in [6.07, 6.45) is 4.24. The summed E-state index contributed by atoms with van der Waals surface area (Å²) in [5.41, 5.74) is 0.837. The summed E-state index contributed by atoms with van der Waals surface area (Å²) in [5, 5.41) is 11.8. The Morgan fingerprint density at radius 1 is 1.27 bits per heavy atom. The lowest BCUT2D eigenvalue weighted by molar-refractivity contribution is 0.00364. The number of anilines is 1. The largest absolute Gasteiger partial charge is 0.352 e. The highest BCUT2D eigenvalue weighted by atomic mass is 19.3. The summed E-state index contributed by atoms with van der Waals surface area (Å²) in [4.78, 5) is 9.18. The summed E-state index contributed by atoms with van der Waals surface area (Å²) in [7, 11) is 0. The van der Waals surface area contributed by atoms with Gasteiger partial charge >= 0.3 is 0 Å². The molecule has 3 fully saturated rings. The van der Waals surface area contributed by atoms with Crippen molar-refractivity contribution < 1.29 is 8.78 Å². The maximum Gasteiger partial charge on any atom is 0.248 e. The molecule has 0 spiro atoms. The smallest absolute Gasteiger partial charge is 0.248 e. The Bertz CT molecular complexity index is 824. The van der Waals surface area contributed by atoms with Crippen molar-refractivity contribution in [3.63, 3.8) is 0 Å². The maximum absolute atomic E-state index is 13.5. The Morgan fingerprint density at radius 3 is 2.92 bits per heavy atom. The van der Waals surface area contributed by atoms with Gasteiger partial charge in [-0.1, -0.05) is 6.92 Å². The van der Waals surface area contributed by atoms with E-state index in [0.29, 0.717) is 18.0 Å². The third-order valence-corrected chi connectivity index (χ3v) is 6.46. The molecular formula is C17H23F2N7. The van der Waals surface area contributed by atoms with E-state index in [-0.39, 0.29) is 24.2 Å². The van der Waals surface area contributed by atoms with Crippen LogP contribution in [0.15, 0.2) is 12.4 Å². The summed E-state index contributed by atoms with van der Waals surface area (Å²) < 4.78 is 28.6. The topological polar surface area (TPSA) is 62.5 Å². The number of rotatable bonds is 3. The molecule has 5 rings (SSSR count). The molecule has 3 atom stereocenters. The van der Waals surface area contributed by atoms with Gasteiger partial charge in [0.15, 0.2) is 5.82 Å². The number of nitrogens with zero attached hydrogens (tertiary/aromatic N) is 7. The zero-order valence-corrected chi connectivity index (χ0v) is 14.9. The van der Waals surface area contributed by atoms with E-state index in [0.717, 1.165) is 38.5 Å². The minimum Gasteiger partial charge on any atom is -0.352 e. The second-order valence-electron chi connectivity index (χ2n) is 8.59. The molecule has 1 aliphatic carbocycles. The Kier molecular flexibility index (Phi) is 3.47. The Hall–Kier alpha value is -1.90. The monoisotopic (exact) mass is 363 g/mol. The molecule has 0 N–H and O–H groups in total. The van der Waals surface area contributed by atoms with Crippen LogP contribution in [0.1, 0.15) is 26.2 Å². The number of hydrogen-bond acceptors (Lipinski definition) is 6. The third kappa shape index (κ3) is 2.64. The number of hydrogen-bond donors (Lipinski definition) is 0. The molecule has 7 nitrogen and oxygen atoms in total. The van der Waals surface area contributed by atoms with Gasteiger partial charge in [0.25, 0.3) is 0 Å². The first-order chi connectivity index (χ1) is 12.4. The van der Waals surface area contributed by atoms with E-state index in [1.165, 1.54) is 0 Å². The number of tetrazole rings is 1. The fourth-order valence-corrected chi connectivity index (χ4v) is 5.21. The van der Waals surface area contributed by atoms with Crippen LogP contribution in [0.25, 0.3) is 5.65 Å². The maximum atomic E-state index is 13.5. The van der Waals surface area contributed by atoms with Crippen molar-refractivity contribution in [3.8, 4) is 0 Å². The van der Waals surface area contributed by atoms with E-state index in [4.69, 9.17) is 0 Å². The van der Waals surface area contributed by atoms with Crippen LogP contribution in [0, 0.1) is 17.3 Å². The first kappa shape index (κ1) is 16.3. The second-order valence-corrected chi connectivity index (χ2v) is 8.59. The van der Waals surface area contributed by atoms with Crippen molar-refractivity contribution in [2.45, 2.75) is 32.1 Å². The van der Waals surface area contributed by atoms with E-state index in [2.05, 4.69) is 37.2 Å². The van der Waals surface area contributed by atoms with Crippen molar-refractivity contribution in [3.05, 3.63) is 12.4 Å². The van der Waals surface area contributed by atoms with Gasteiger partial charge in [-0.2, -0.15) is 4.52 Å². The molecule has 1 saturated carbocycles. The zero-order valence-electron chi connectivity index (χ0n) is 14.9. The highest BCUT2D eigenvalue weighted by Gasteiger charge is 2.50. The fraction of sp³-hybridized carbons (Fsp3) is 0.765. The van der Waals surface area contributed by atoms with Crippen molar-refractivity contribution in [2.75, 3.05) is 37.6 Å². The molecule has 2 aromatic heterocycles. The molecule has 3 aliphatic rings. The van der Waals surface area contributed by atoms with Gasteiger partial charge in [0.2, 0.25) is 11.6 Å². The van der Waals surface area contributed by atoms with E-state index in [9.17, 15) is 8.78 Å². The summed E-state index contributed by atoms with van der Waals surface area (Å²) in [6, 6.07) is 0. The lowest BCUT2D eigenvalue weighted by Crippen LogP contribution is -2.35. The third-order valence-electron chi connectivity index (χ3n) is 6.46. The van der Waals surface area contributed by atoms with Crippen LogP contribution in [0.4, 0.5) is 14.6 Å². The number of fused-ring (bicyclic) bond motifs is 2. The molecule has 140 valence electrons. The first-order valence-electron chi connectivity index (χ1n) is 9.30. The van der Waals surface area contributed by atoms with E-state index in [1.807, 2.05) is 0 Å². The van der Waals surface area contributed by atoms with Gasteiger partial charge in [0.1, 0.15) is 0 Å². The molecule has 1 unspecified atom stereocenters. The van der Waals surface area contributed by atoms with Gasteiger partial charge in [0, 0.05) is 57.2 Å². The average Bonchev–Trinajstić information content (AvgIpc) is 3.29. The summed E-state index contributed by atoms with van der Waals surface area (Å²) >= 11 is 0. The summed E-state index contributed by atoms with van der Waals surface area (Å²) in [5.74, 6) is -0.962. The normalized spacial score (nSPS) is 34.0. The van der Waals surface area contributed by atoms with E-state index < -0.39 is 5.92 Å². The van der Waals surface area contributed by atoms with Crippen molar-refractivity contribution in [1.29, 1.82) is 0 Å². The predicted octanol–water partition coefficient (Wildman–Crippen LogP) is 1.71. The second kappa shape index (κ2) is 5.55. The van der Waals surface area contributed by atoms with Gasteiger partial charge < -0.3 is 9.80 Å². The zero-order chi connectivity index (χ0) is 17.9. The SMILES string of the molecule is C[C@]12CN(CC3CCC(F)(F)C3)C[C@H]1CN(c1nccn3nnnc13)C2. The highest BCUT2D eigenvalue weighted by molar-refractivity contribution is 5.63. The molecule has 2 aliphatic heterocycles. The van der Waals surface area contributed by atoms with Gasteiger partial charge in [-0.15, -0.1) is 5.10 Å². The van der Waals surface area contributed by atoms with Gasteiger partial charge in [-0.05, 0) is 28.7 Å². The van der Waals surface area contributed by atoms with Crippen molar-refractivity contribution >= 4 is 11.5 Å². The summed E-state index contributed by atoms with van der Waals surface area (Å²) in [6.45, 7) is 6.86. The van der Waals surface area contributed by atoms with E-state index >= 15 is 0 Å². The predicted molar refractivity (Wildman–Crippen MR) is 91.1 cm³/mol. The highest BCUT2D eigenvalue weighted by Crippen LogP contribution is 2.45. The van der Waals surface area contributed by atoms with E-state index in [1.54, 1.807) is 16.9 Å². The van der Waals surface area contributed by atoms with Crippen LogP contribution in [-0.4, -0.2) is 68.6 Å². The Morgan fingerprint density at radius 2 is 2.15 bits per heavy atom. The van der Waals surface area contributed by atoms with Crippen molar-refractivity contribution in [2.24, 2.45) is 17.3 Å².